The Kier molecular flexibility index (Phi) is 4.36. The van der Waals surface area contributed by atoms with E-state index in [0.29, 0.717) is 17.0 Å². The van der Waals surface area contributed by atoms with Crippen LogP contribution in [0.25, 0.3) is 10.9 Å². The molecule has 1 N–H and O–H groups in total. The number of aromatic nitrogens is 1. The normalized spacial score (nSPS) is 22.9. The number of allylic oxidation sites excluding steroid dienone is 1. The molecule has 0 spiro atoms. The van der Waals surface area contributed by atoms with Gasteiger partial charge in [-0.25, -0.2) is 8.42 Å². The molecule has 0 radical (unpaired) electrons. The molecule has 2 atom stereocenters. The Balaban J connectivity index is 1.70. The maximum absolute atomic E-state index is 13.8. The number of piperidine rings is 1. The van der Waals surface area contributed by atoms with Crippen LogP contribution in [-0.4, -0.2) is 36.0 Å². The van der Waals surface area contributed by atoms with E-state index in [4.69, 9.17) is 0 Å². The monoisotopic (exact) mass is 420 g/mol. The van der Waals surface area contributed by atoms with Crippen LogP contribution in [0.1, 0.15) is 36.2 Å². The molecule has 0 unspecified atom stereocenters. The number of aryl methyl sites for hydroxylation is 1. The minimum atomic E-state index is -3.65. The fourth-order valence-electron chi connectivity index (χ4n) is 4.91. The summed E-state index contributed by atoms with van der Waals surface area (Å²) in [7, 11) is -3.65. The van der Waals surface area contributed by atoms with Gasteiger partial charge in [0.1, 0.15) is 0 Å². The van der Waals surface area contributed by atoms with Crippen LogP contribution < -0.4 is 0 Å². The summed E-state index contributed by atoms with van der Waals surface area (Å²) < 4.78 is 27.5. The Bertz CT molecular complexity index is 1290. The first-order valence-electron chi connectivity index (χ1n) is 10.3. The van der Waals surface area contributed by atoms with Gasteiger partial charge in [-0.05, 0) is 50.5 Å². The van der Waals surface area contributed by atoms with Gasteiger partial charge in [-0.1, -0.05) is 42.0 Å². The average molecular weight is 421 g/mol. The number of nitrogens with one attached hydrogen (secondary N) is 1. The molecule has 0 bridgehead atoms. The predicted octanol–water partition coefficient (Wildman–Crippen LogP) is 4.09. The highest BCUT2D eigenvalue weighted by Crippen LogP contribution is 2.45. The fourth-order valence-corrected chi connectivity index (χ4v) is 6.79. The van der Waals surface area contributed by atoms with Gasteiger partial charge in [-0.3, -0.25) is 4.79 Å². The number of aromatic amines is 1. The minimum absolute atomic E-state index is 0.0536. The summed E-state index contributed by atoms with van der Waals surface area (Å²) in [5, 5.41) is 0.388. The van der Waals surface area contributed by atoms with E-state index >= 15 is 0 Å². The molecule has 154 valence electrons. The number of H-pyrrole nitrogens is 1. The van der Waals surface area contributed by atoms with Gasteiger partial charge in [-0.15, -0.1) is 0 Å². The molecule has 0 aliphatic carbocycles. The third-order valence-electron chi connectivity index (χ3n) is 6.49. The van der Waals surface area contributed by atoms with E-state index < -0.39 is 21.1 Å². The zero-order chi connectivity index (χ0) is 21.0. The predicted molar refractivity (Wildman–Crippen MR) is 117 cm³/mol. The lowest BCUT2D eigenvalue weighted by molar-refractivity contribution is -0.132. The number of hydrogen-bond acceptors (Lipinski definition) is 3. The van der Waals surface area contributed by atoms with Crippen LogP contribution in [0.4, 0.5) is 0 Å². The number of hydrogen-bond donors (Lipinski definition) is 1. The van der Waals surface area contributed by atoms with Gasteiger partial charge in [0.15, 0.2) is 9.84 Å². The minimum Gasteiger partial charge on any atom is -0.356 e. The number of rotatable bonds is 2. The van der Waals surface area contributed by atoms with Crippen LogP contribution in [-0.2, 0) is 21.1 Å². The van der Waals surface area contributed by atoms with Crippen molar-refractivity contribution in [2.24, 2.45) is 0 Å². The summed E-state index contributed by atoms with van der Waals surface area (Å²) >= 11 is 0. The van der Waals surface area contributed by atoms with E-state index in [1.165, 1.54) is 0 Å². The summed E-state index contributed by atoms with van der Waals surface area (Å²) in [6.07, 6.45) is 2.70. The first-order chi connectivity index (χ1) is 14.4. The number of carbonyl (C=O) groups excluding carboxylic acids is 1. The average Bonchev–Trinajstić information content (AvgIpc) is 3.13. The molecule has 3 aromatic rings. The summed E-state index contributed by atoms with van der Waals surface area (Å²) in [6.45, 7) is 4.27. The first-order valence-corrected chi connectivity index (χ1v) is 11.8. The fraction of sp³-hybridized carbons (Fsp3) is 0.292. The van der Waals surface area contributed by atoms with Crippen LogP contribution in [0.3, 0.4) is 0 Å². The number of benzene rings is 2. The zero-order valence-electron chi connectivity index (χ0n) is 17.1. The van der Waals surface area contributed by atoms with Gasteiger partial charge in [0, 0.05) is 28.7 Å². The summed E-state index contributed by atoms with van der Waals surface area (Å²) in [5.41, 5.74) is 4.57. The number of fused-ring (bicyclic) bond motifs is 5. The molecule has 6 heteroatoms. The molecule has 5 nitrogen and oxygen atoms in total. The number of carbonyl (C=O) groups is 1. The largest absolute Gasteiger partial charge is 0.356 e. The Labute approximate surface area is 176 Å². The van der Waals surface area contributed by atoms with E-state index in [1.54, 1.807) is 30.0 Å². The summed E-state index contributed by atoms with van der Waals surface area (Å²) in [6, 6.07) is 14.5. The van der Waals surface area contributed by atoms with Gasteiger partial charge in [0.2, 0.25) is 5.91 Å². The van der Waals surface area contributed by atoms with Crippen molar-refractivity contribution in [3.05, 3.63) is 77.0 Å². The molecule has 5 rings (SSSR count). The van der Waals surface area contributed by atoms with Gasteiger partial charge >= 0.3 is 0 Å². The molecular formula is C24H24N2O3S. The van der Waals surface area contributed by atoms with Crippen LogP contribution in [0, 0.1) is 6.92 Å². The van der Waals surface area contributed by atoms with E-state index in [0.717, 1.165) is 34.1 Å². The molecule has 1 saturated heterocycles. The highest BCUT2D eigenvalue weighted by Gasteiger charge is 2.49. The van der Waals surface area contributed by atoms with Gasteiger partial charge in [0.25, 0.3) is 0 Å². The molecule has 1 fully saturated rings. The van der Waals surface area contributed by atoms with Crippen molar-refractivity contribution in [2.45, 2.75) is 42.9 Å². The van der Waals surface area contributed by atoms with Crippen LogP contribution in [0.5, 0.6) is 0 Å². The SMILES string of the molecule is C/C=C1\C[C@@H](S(=O)(=O)c2ccc(C)cc2)[C@@H]2c3[nH]c4ccccc4c3CCN2C1=O. The van der Waals surface area contributed by atoms with Crippen molar-refractivity contribution in [2.75, 3.05) is 6.54 Å². The molecular weight excluding hydrogens is 396 g/mol. The Morgan fingerprint density at radius 3 is 2.57 bits per heavy atom. The number of para-hydroxylation sites is 1. The van der Waals surface area contributed by atoms with E-state index in [2.05, 4.69) is 11.1 Å². The van der Waals surface area contributed by atoms with Crippen LogP contribution in [0.15, 0.2) is 65.1 Å². The molecule has 2 aromatic carbocycles. The van der Waals surface area contributed by atoms with Crippen molar-refractivity contribution in [1.82, 2.24) is 9.88 Å². The first kappa shape index (κ1) is 19.1. The van der Waals surface area contributed by atoms with Gasteiger partial charge in [-0.2, -0.15) is 0 Å². The van der Waals surface area contributed by atoms with Gasteiger partial charge < -0.3 is 9.88 Å². The van der Waals surface area contributed by atoms with Crippen molar-refractivity contribution in [3.8, 4) is 0 Å². The Morgan fingerprint density at radius 2 is 1.83 bits per heavy atom. The molecule has 2 aliphatic rings. The van der Waals surface area contributed by atoms with E-state index in [1.807, 2.05) is 37.3 Å². The second-order valence-corrected chi connectivity index (χ2v) is 10.3. The van der Waals surface area contributed by atoms with Crippen molar-refractivity contribution >= 4 is 26.6 Å². The molecule has 1 aromatic heterocycles. The third kappa shape index (κ3) is 2.74. The summed E-state index contributed by atoms with van der Waals surface area (Å²) in [5.74, 6) is -0.0536. The maximum Gasteiger partial charge on any atom is 0.250 e. The molecule has 1 amide bonds. The zero-order valence-corrected chi connectivity index (χ0v) is 17.9. The van der Waals surface area contributed by atoms with E-state index in [-0.39, 0.29) is 12.3 Å². The quantitative estimate of drug-likeness (QED) is 0.635. The second kappa shape index (κ2) is 6.84. The van der Waals surface area contributed by atoms with Crippen molar-refractivity contribution in [1.29, 1.82) is 0 Å². The van der Waals surface area contributed by atoms with Crippen LogP contribution in [0.2, 0.25) is 0 Å². The molecule has 0 saturated carbocycles. The van der Waals surface area contributed by atoms with E-state index in [9.17, 15) is 13.2 Å². The standard InChI is InChI=1S/C24H24N2O3S/c1-3-16-14-21(30(28,29)17-10-8-15(2)9-11-17)23-22-19(12-13-26(23)24(16)27)18-6-4-5-7-20(18)25-22/h3-11,21,23,25H,12-14H2,1-2H3/b16-3+/t21-,23-/m1/s1. The lowest BCUT2D eigenvalue weighted by Crippen LogP contribution is -2.52. The molecule has 3 heterocycles. The highest BCUT2D eigenvalue weighted by molar-refractivity contribution is 7.92. The topological polar surface area (TPSA) is 70.2 Å². The van der Waals surface area contributed by atoms with Gasteiger partial charge in [0.05, 0.1) is 16.2 Å². The van der Waals surface area contributed by atoms with Crippen molar-refractivity contribution < 1.29 is 13.2 Å². The number of amides is 1. The van der Waals surface area contributed by atoms with Crippen molar-refractivity contribution in [3.63, 3.8) is 0 Å². The smallest absolute Gasteiger partial charge is 0.250 e. The lowest BCUT2D eigenvalue weighted by atomic mass is 9.88. The molecule has 2 aliphatic heterocycles. The Hall–Kier alpha value is -2.86. The van der Waals surface area contributed by atoms with Crippen LogP contribution >= 0.6 is 0 Å². The number of nitrogens with zero attached hydrogens (tertiary/aromatic N) is 1. The Morgan fingerprint density at radius 1 is 1.10 bits per heavy atom. The lowest BCUT2D eigenvalue weighted by Gasteiger charge is -2.44. The number of sulfone groups is 1. The second-order valence-electron chi connectivity index (χ2n) is 8.17. The summed E-state index contributed by atoms with van der Waals surface area (Å²) in [4.78, 5) is 18.6. The third-order valence-corrected chi connectivity index (χ3v) is 8.64. The maximum atomic E-state index is 13.8. The highest BCUT2D eigenvalue weighted by atomic mass is 32.2. The molecule has 30 heavy (non-hydrogen) atoms.